The molecule has 4 heteroatoms. The summed E-state index contributed by atoms with van der Waals surface area (Å²) >= 11 is 0. The van der Waals surface area contributed by atoms with E-state index in [-0.39, 0.29) is 11.9 Å². The lowest BCUT2D eigenvalue weighted by atomic mass is 9.93. The molecule has 0 aliphatic carbocycles. The highest BCUT2D eigenvalue weighted by molar-refractivity contribution is 5.97. The van der Waals surface area contributed by atoms with E-state index in [1.54, 1.807) is 0 Å². The number of amides is 1. The number of nitrogens with zero attached hydrogens (tertiary/aromatic N) is 1. The maximum absolute atomic E-state index is 12.8. The molecule has 0 saturated carbocycles. The molecule has 1 saturated heterocycles. The molecule has 1 aliphatic rings. The Morgan fingerprint density at radius 1 is 1.40 bits per heavy atom. The second-order valence-corrected chi connectivity index (χ2v) is 5.41. The van der Waals surface area contributed by atoms with E-state index in [1.165, 1.54) is 0 Å². The van der Waals surface area contributed by atoms with Crippen molar-refractivity contribution in [1.82, 2.24) is 4.90 Å². The van der Waals surface area contributed by atoms with Crippen LogP contribution in [0.1, 0.15) is 37.0 Å². The summed E-state index contributed by atoms with van der Waals surface area (Å²) in [4.78, 5) is 14.7. The predicted octanol–water partition coefficient (Wildman–Crippen LogP) is 2.28. The zero-order valence-electron chi connectivity index (χ0n) is 12.3. The summed E-state index contributed by atoms with van der Waals surface area (Å²) in [6.07, 6.45) is 2.12. The number of hydrogen-bond acceptors (Lipinski definition) is 3. The molecule has 4 nitrogen and oxygen atoms in total. The maximum Gasteiger partial charge on any atom is 0.257 e. The first kappa shape index (κ1) is 14.9. The quantitative estimate of drug-likeness (QED) is 0.918. The second kappa shape index (κ2) is 6.75. The van der Waals surface area contributed by atoms with Gasteiger partial charge in [-0.2, -0.15) is 0 Å². The minimum Gasteiger partial charge on any atom is -0.493 e. The first-order valence-electron chi connectivity index (χ1n) is 7.40. The number of benzene rings is 1. The number of para-hydroxylation sites is 1. The van der Waals surface area contributed by atoms with Gasteiger partial charge in [-0.1, -0.05) is 12.1 Å². The van der Waals surface area contributed by atoms with Crippen molar-refractivity contribution in [3.63, 3.8) is 0 Å². The molecule has 0 spiro atoms. The van der Waals surface area contributed by atoms with Crippen LogP contribution < -0.4 is 10.5 Å². The molecule has 1 aromatic rings. The van der Waals surface area contributed by atoms with Crippen LogP contribution in [0.4, 0.5) is 0 Å². The minimum absolute atomic E-state index is 0.0553. The van der Waals surface area contributed by atoms with E-state index in [0.29, 0.717) is 30.4 Å². The summed E-state index contributed by atoms with van der Waals surface area (Å²) in [5.41, 5.74) is 6.42. The number of rotatable bonds is 4. The molecular weight excluding hydrogens is 252 g/mol. The van der Waals surface area contributed by atoms with Crippen LogP contribution in [0.25, 0.3) is 0 Å². The number of likely N-dealkylation sites (tertiary alicyclic amines) is 1. The van der Waals surface area contributed by atoms with Crippen LogP contribution in [-0.2, 0) is 0 Å². The average Bonchev–Trinajstić information content (AvgIpc) is 2.48. The van der Waals surface area contributed by atoms with Crippen LogP contribution in [0.2, 0.25) is 0 Å². The molecule has 2 rings (SSSR count). The molecule has 2 unspecified atom stereocenters. The van der Waals surface area contributed by atoms with Crippen molar-refractivity contribution in [2.45, 2.75) is 32.7 Å². The summed E-state index contributed by atoms with van der Waals surface area (Å²) in [6, 6.07) is 7.73. The molecule has 1 amide bonds. The number of carbonyl (C=O) groups is 1. The third kappa shape index (κ3) is 3.12. The molecule has 1 heterocycles. The van der Waals surface area contributed by atoms with Crippen LogP contribution in [-0.4, -0.2) is 36.5 Å². The van der Waals surface area contributed by atoms with E-state index in [9.17, 15) is 4.79 Å². The lowest BCUT2D eigenvalue weighted by Crippen LogP contribution is -2.47. The Hall–Kier alpha value is -1.55. The fraction of sp³-hybridized carbons (Fsp3) is 0.562. The largest absolute Gasteiger partial charge is 0.493 e. The summed E-state index contributed by atoms with van der Waals surface area (Å²) in [6.45, 7) is 5.98. The van der Waals surface area contributed by atoms with Gasteiger partial charge in [-0.05, 0) is 51.3 Å². The fourth-order valence-electron chi connectivity index (χ4n) is 2.74. The number of hydrogen-bond donors (Lipinski definition) is 1. The highest BCUT2D eigenvalue weighted by Gasteiger charge is 2.30. The Kier molecular flexibility index (Phi) is 5.01. The van der Waals surface area contributed by atoms with Gasteiger partial charge in [0.25, 0.3) is 5.91 Å². The molecule has 2 N–H and O–H groups in total. The fourth-order valence-corrected chi connectivity index (χ4v) is 2.74. The molecule has 0 aromatic heterocycles. The minimum atomic E-state index is 0.0553. The van der Waals surface area contributed by atoms with Gasteiger partial charge < -0.3 is 15.4 Å². The molecule has 2 atom stereocenters. The maximum atomic E-state index is 12.8. The highest BCUT2D eigenvalue weighted by atomic mass is 16.5. The molecule has 1 aliphatic heterocycles. The summed E-state index contributed by atoms with van der Waals surface area (Å²) < 4.78 is 5.57. The van der Waals surface area contributed by atoms with Crippen molar-refractivity contribution in [3.8, 4) is 5.75 Å². The summed E-state index contributed by atoms with van der Waals surface area (Å²) in [5, 5.41) is 0. The highest BCUT2D eigenvalue weighted by Crippen LogP contribution is 2.26. The molecule has 20 heavy (non-hydrogen) atoms. The lowest BCUT2D eigenvalue weighted by molar-refractivity contribution is 0.0563. The van der Waals surface area contributed by atoms with Crippen LogP contribution in [0, 0.1) is 5.92 Å². The Bertz CT molecular complexity index is 462. The monoisotopic (exact) mass is 276 g/mol. The van der Waals surface area contributed by atoms with E-state index in [2.05, 4.69) is 6.92 Å². The Balaban J connectivity index is 2.21. The molecule has 0 radical (unpaired) electrons. The van der Waals surface area contributed by atoms with Crippen LogP contribution in [0.3, 0.4) is 0 Å². The molecule has 0 bridgehead atoms. The zero-order chi connectivity index (χ0) is 14.5. The Labute approximate surface area is 120 Å². The average molecular weight is 276 g/mol. The molecule has 1 aromatic carbocycles. The SMILES string of the molecule is CCOc1ccccc1C(=O)N1CC(CN)CCC1C. The normalized spacial score (nSPS) is 22.6. The topological polar surface area (TPSA) is 55.6 Å². The van der Waals surface area contributed by atoms with Gasteiger partial charge in [0.1, 0.15) is 5.75 Å². The molecular formula is C16H24N2O2. The lowest BCUT2D eigenvalue weighted by Gasteiger charge is -2.38. The smallest absolute Gasteiger partial charge is 0.257 e. The van der Waals surface area contributed by atoms with E-state index in [1.807, 2.05) is 36.1 Å². The summed E-state index contributed by atoms with van der Waals surface area (Å²) in [5.74, 6) is 1.14. The first-order valence-corrected chi connectivity index (χ1v) is 7.40. The van der Waals surface area contributed by atoms with Crippen molar-refractivity contribution in [2.75, 3.05) is 19.7 Å². The van der Waals surface area contributed by atoms with Crippen LogP contribution >= 0.6 is 0 Å². The standard InChI is InChI=1S/C16H24N2O2/c1-3-20-15-7-5-4-6-14(15)16(19)18-11-13(10-17)9-8-12(18)2/h4-7,12-13H,3,8-11,17H2,1-2H3. The van der Waals surface area contributed by atoms with Crippen molar-refractivity contribution in [3.05, 3.63) is 29.8 Å². The molecule has 110 valence electrons. The number of piperidine rings is 1. The Morgan fingerprint density at radius 3 is 2.85 bits per heavy atom. The second-order valence-electron chi connectivity index (χ2n) is 5.41. The van der Waals surface area contributed by atoms with Crippen LogP contribution in [0.5, 0.6) is 5.75 Å². The van der Waals surface area contributed by atoms with Crippen LogP contribution in [0.15, 0.2) is 24.3 Å². The first-order chi connectivity index (χ1) is 9.67. The van der Waals surface area contributed by atoms with E-state index in [0.717, 1.165) is 19.4 Å². The number of nitrogens with two attached hydrogens (primary N) is 1. The predicted molar refractivity (Wildman–Crippen MR) is 79.9 cm³/mol. The van der Waals surface area contributed by atoms with Gasteiger partial charge in [-0.3, -0.25) is 4.79 Å². The van der Waals surface area contributed by atoms with E-state index in [4.69, 9.17) is 10.5 Å². The Morgan fingerprint density at radius 2 is 2.15 bits per heavy atom. The zero-order valence-corrected chi connectivity index (χ0v) is 12.3. The van der Waals surface area contributed by atoms with Gasteiger partial charge >= 0.3 is 0 Å². The van der Waals surface area contributed by atoms with Crippen molar-refractivity contribution in [2.24, 2.45) is 11.7 Å². The van der Waals surface area contributed by atoms with Gasteiger partial charge in [0.2, 0.25) is 0 Å². The van der Waals surface area contributed by atoms with Gasteiger partial charge in [-0.25, -0.2) is 0 Å². The van der Waals surface area contributed by atoms with Gasteiger partial charge in [0.05, 0.1) is 12.2 Å². The summed E-state index contributed by atoms with van der Waals surface area (Å²) in [7, 11) is 0. The van der Waals surface area contributed by atoms with Crippen molar-refractivity contribution < 1.29 is 9.53 Å². The third-order valence-electron chi connectivity index (χ3n) is 3.99. The van der Waals surface area contributed by atoms with Crippen molar-refractivity contribution in [1.29, 1.82) is 0 Å². The van der Waals surface area contributed by atoms with Crippen molar-refractivity contribution >= 4 is 5.91 Å². The third-order valence-corrected chi connectivity index (χ3v) is 3.99. The van der Waals surface area contributed by atoms with Gasteiger partial charge in [-0.15, -0.1) is 0 Å². The van der Waals surface area contributed by atoms with Gasteiger partial charge in [0.15, 0.2) is 0 Å². The molecule has 1 fully saturated rings. The van der Waals surface area contributed by atoms with Gasteiger partial charge in [0, 0.05) is 12.6 Å². The van der Waals surface area contributed by atoms with E-state index < -0.39 is 0 Å². The van der Waals surface area contributed by atoms with E-state index >= 15 is 0 Å². The number of carbonyl (C=O) groups excluding carboxylic acids is 1. The number of ether oxygens (including phenoxy) is 1.